The second-order valence-electron chi connectivity index (χ2n) is 6.76. The first-order chi connectivity index (χ1) is 13.8. The number of aryl methyl sites for hydroxylation is 1. The lowest BCUT2D eigenvalue weighted by molar-refractivity contribution is -0.123. The van der Waals surface area contributed by atoms with E-state index in [-0.39, 0.29) is 6.61 Å². The summed E-state index contributed by atoms with van der Waals surface area (Å²) in [6.45, 7) is 8.38. The highest BCUT2D eigenvalue weighted by Crippen LogP contribution is 2.28. The van der Waals surface area contributed by atoms with Gasteiger partial charge in [0, 0.05) is 5.56 Å². The van der Waals surface area contributed by atoms with Crippen molar-refractivity contribution in [2.45, 2.75) is 33.6 Å². The van der Waals surface area contributed by atoms with Gasteiger partial charge in [-0.25, -0.2) is 0 Å². The molecular weight excluding hydrogens is 372 g/mol. The summed E-state index contributed by atoms with van der Waals surface area (Å²) in [5.41, 5.74) is 7.36. The molecule has 29 heavy (non-hydrogen) atoms. The van der Waals surface area contributed by atoms with Crippen molar-refractivity contribution in [1.29, 1.82) is 0 Å². The number of carbonyl (C=O) groups is 2. The Morgan fingerprint density at radius 1 is 1.00 bits per heavy atom. The van der Waals surface area contributed by atoms with Crippen molar-refractivity contribution in [2.75, 3.05) is 20.3 Å². The first-order valence-corrected chi connectivity index (χ1v) is 9.49. The molecule has 0 unspecified atom stereocenters. The molecule has 2 aromatic rings. The molecule has 0 atom stereocenters. The zero-order valence-electron chi connectivity index (χ0n) is 17.5. The normalized spacial score (nSPS) is 10.4. The van der Waals surface area contributed by atoms with E-state index in [0.717, 1.165) is 5.56 Å². The maximum atomic E-state index is 12.2. The van der Waals surface area contributed by atoms with Crippen molar-refractivity contribution in [2.24, 2.45) is 0 Å². The number of ether oxygens (including phenoxy) is 3. The summed E-state index contributed by atoms with van der Waals surface area (Å²) in [7, 11) is 1.49. The van der Waals surface area contributed by atoms with E-state index >= 15 is 0 Å². The molecule has 2 N–H and O–H groups in total. The van der Waals surface area contributed by atoms with Gasteiger partial charge in [0.15, 0.2) is 18.1 Å². The molecule has 7 heteroatoms. The van der Waals surface area contributed by atoms with Crippen LogP contribution in [-0.2, 0) is 4.79 Å². The van der Waals surface area contributed by atoms with Crippen LogP contribution in [0.15, 0.2) is 36.4 Å². The van der Waals surface area contributed by atoms with E-state index in [9.17, 15) is 9.59 Å². The van der Waals surface area contributed by atoms with Crippen molar-refractivity contribution in [3.63, 3.8) is 0 Å². The number of hydrogen-bond acceptors (Lipinski definition) is 5. The summed E-state index contributed by atoms with van der Waals surface area (Å²) in [5, 5.41) is 0. The van der Waals surface area contributed by atoms with Crippen LogP contribution < -0.4 is 25.1 Å². The minimum Gasteiger partial charge on any atom is -0.493 e. The molecular formula is C22H28N2O5. The number of hydrogen-bond donors (Lipinski definition) is 2. The Morgan fingerprint density at radius 3 is 2.38 bits per heavy atom. The molecule has 0 radical (unpaired) electrons. The van der Waals surface area contributed by atoms with Gasteiger partial charge >= 0.3 is 0 Å². The Bertz CT molecular complexity index is 864. The van der Waals surface area contributed by atoms with Crippen LogP contribution in [-0.4, -0.2) is 32.1 Å². The van der Waals surface area contributed by atoms with Crippen LogP contribution in [0.4, 0.5) is 0 Å². The van der Waals surface area contributed by atoms with E-state index in [1.54, 1.807) is 18.2 Å². The van der Waals surface area contributed by atoms with Crippen molar-refractivity contribution in [3.8, 4) is 17.2 Å². The fourth-order valence-corrected chi connectivity index (χ4v) is 2.85. The predicted molar refractivity (Wildman–Crippen MR) is 111 cm³/mol. The second-order valence-corrected chi connectivity index (χ2v) is 6.76. The molecule has 0 aliphatic carbocycles. The molecule has 0 fully saturated rings. The van der Waals surface area contributed by atoms with Crippen LogP contribution in [0.1, 0.15) is 48.2 Å². The summed E-state index contributed by atoms with van der Waals surface area (Å²) < 4.78 is 16.1. The average molecular weight is 400 g/mol. The Hall–Kier alpha value is -3.22. The molecule has 0 spiro atoms. The molecule has 2 amide bonds. The third kappa shape index (κ3) is 6.14. The third-order valence-corrected chi connectivity index (χ3v) is 4.27. The Balaban J connectivity index is 1.87. The highest BCUT2D eigenvalue weighted by molar-refractivity contribution is 5.96. The van der Waals surface area contributed by atoms with Gasteiger partial charge in [-0.05, 0) is 61.2 Å². The number of methoxy groups -OCH3 is 1. The molecule has 0 heterocycles. The van der Waals surface area contributed by atoms with Crippen molar-refractivity contribution >= 4 is 11.8 Å². The van der Waals surface area contributed by atoms with E-state index in [4.69, 9.17) is 14.2 Å². The summed E-state index contributed by atoms with van der Waals surface area (Å²) in [4.78, 5) is 24.2. The van der Waals surface area contributed by atoms with E-state index in [2.05, 4.69) is 24.7 Å². The van der Waals surface area contributed by atoms with E-state index in [1.807, 2.05) is 32.0 Å². The lowest BCUT2D eigenvalue weighted by Crippen LogP contribution is -2.43. The summed E-state index contributed by atoms with van der Waals surface area (Å²) in [6.07, 6.45) is 0. The van der Waals surface area contributed by atoms with Gasteiger partial charge in [-0.15, -0.1) is 0 Å². The molecule has 0 bridgehead atoms. The molecule has 156 valence electrons. The number of rotatable bonds is 8. The van der Waals surface area contributed by atoms with Crippen molar-refractivity contribution in [3.05, 3.63) is 53.1 Å². The predicted octanol–water partition coefficient (Wildman–Crippen LogP) is 3.37. The molecule has 0 aromatic heterocycles. The minimum absolute atomic E-state index is 0.215. The molecule has 0 saturated heterocycles. The number of amides is 2. The van der Waals surface area contributed by atoms with Crippen LogP contribution in [0, 0.1) is 6.92 Å². The van der Waals surface area contributed by atoms with E-state index in [1.165, 1.54) is 12.7 Å². The number of nitrogens with one attached hydrogen (secondary N) is 2. The molecule has 2 rings (SSSR count). The van der Waals surface area contributed by atoms with Crippen LogP contribution in [0.3, 0.4) is 0 Å². The monoisotopic (exact) mass is 400 g/mol. The van der Waals surface area contributed by atoms with Crippen LogP contribution in [0.2, 0.25) is 0 Å². The lowest BCUT2D eigenvalue weighted by atomic mass is 9.98. The maximum absolute atomic E-state index is 12.2. The van der Waals surface area contributed by atoms with Gasteiger partial charge in [0.05, 0.1) is 13.7 Å². The quantitative estimate of drug-likeness (QED) is 0.664. The first-order valence-electron chi connectivity index (χ1n) is 9.49. The lowest BCUT2D eigenvalue weighted by Gasteiger charge is -2.13. The van der Waals surface area contributed by atoms with Gasteiger partial charge < -0.3 is 14.2 Å². The van der Waals surface area contributed by atoms with Gasteiger partial charge in [-0.2, -0.15) is 0 Å². The summed E-state index contributed by atoms with van der Waals surface area (Å²) in [6, 6.07) is 10.5. The smallest absolute Gasteiger partial charge is 0.276 e. The van der Waals surface area contributed by atoms with Crippen molar-refractivity contribution < 1.29 is 23.8 Å². The van der Waals surface area contributed by atoms with Gasteiger partial charge in [0.25, 0.3) is 11.8 Å². The van der Waals surface area contributed by atoms with Gasteiger partial charge in [-0.1, -0.05) is 19.9 Å². The Labute approximate surface area is 171 Å². The van der Waals surface area contributed by atoms with Crippen LogP contribution in [0.5, 0.6) is 17.2 Å². The molecule has 2 aromatic carbocycles. The maximum Gasteiger partial charge on any atom is 0.276 e. The Kier molecular flexibility index (Phi) is 7.88. The highest BCUT2D eigenvalue weighted by Gasteiger charge is 2.12. The SMILES string of the molecule is CCOc1ccc(C(=O)NNC(=O)COc2ccc(C(C)C)c(C)c2)cc1OC. The number of benzene rings is 2. The van der Waals surface area contributed by atoms with Gasteiger partial charge in [0.2, 0.25) is 0 Å². The van der Waals surface area contributed by atoms with E-state index in [0.29, 0.717) is 35.3 Å². The highest BCUT2D eigenvalue weighted by atomic mass is 16.5. The average Bonchev–Trinajstić information content (AvgIpc) is 2.70. The fraction of sp³-hybridized carbons (Fsp3) is 0.364. The zero-order chi connectivity index (χ0) is 21.4. The standard InChI is InChI=1S/C22H28N2O5/c1-6-28-19-10-7-16(12-20(19)27-5)22(26)24-23-21(25)13-29-17-8-9-18(14(2)3)15(4)11-17/h7-12,14H,6,13H2,1-5H3,(H,23,25)(H,24,26). The van der Waals surface area contributed by atoms with Crippen LogP contribution >= 0.6 is 0 Å². The van der Waals surface area contributed by atoms with Crippen LogP contribution in [0.25, 0.3) is 0 Å². The molecule has 0 aliphatic rings. The molecule has 0 aliphatic heterocycles. The van der Waals surface area contributed by atoms with Gasteiger partial charge in [0.1, 0.15) is 5.75 Å². The largest absolute Gasteiger partial charge is 0.493 e. The fourth-order valence-electron chi connectivity index (χ4n) is 2.85. The zero-order valence-corrected chi connectivity index (χ0v) is 17.5. The second kappa shape index (κ2) is 10.4. The topological polar surface area (TPSA) is 85.9 Å². The van der Waals surface area contributed by atoms with Crippen molar-refractivity contribution in [1.82, 2.24) is 10.9 Å². The first kappa shape index (κ1) is 22.1. The number of carbonyl (C=O) groups excluding carboxylic acids is 2. The summed E-state index contributed by atoms with van der Waals surface area (Å²) in [5.74, 6) is 1.06. The van der Waals surface area contributed by atoms with E-state index < -0.39 is 11.8 Å². The number of hydrazine groups is 1. The third-order valence-electron chi connectivity index (χ3n) is 4.27. The Morgan fingerprint density at radius 2 is 1.76 bits per heavy atom. The summed E-state index contributed by atoms with van der Waals surface area (Å²) >= 11 is 0. The molecule has 7 nitrogen and oxygen atoms in total. The minimum atomic E-state index is -0.475. The molecule has 0 saturated carbocycles. The van der Waals surface area contributed by atoms with Gasteiger partial charge in [-0.3, -0.25) is 20.4 Å².